The average molecular weight is 1050 g/mol. The third-order valence-corrected chi connectivity index (χ3v) is 16.3. The minimum absolute atomic E-state index is 0.127. The van der Waals surface area contributed by atoms with E-state index in [2.05, 4.69) is 59.9 Å². The third kappa shape index (κ3) is 5.14. The fraction of sp³-hybridized carbons (Fsp3) is 0.343. The van der Waals surface area contributed by atoms with Crippen LogP contribution in [0, 0.1) is 29.1 Å². The number of benzene rings is 1. The Morgan fingerprint density at radius 3 is 1.04 bits per heavy atom. The van der Waals surface area contributed by atoms with Gasteiger partial charge in [0.25, 0.3) is 23.1 Å². The van der Waals surface area contributed by atoms with E-state index in [0.29, 0.717) is 51.1 Å². The number of carbonyl (C=O) groups is 1. The topological polar surface area (TPSA) is 90.9 Å². The van der Waals surface area contributed by atoms with Crippen LogP contribution >= 0.6 is 93.1 Å². The van der Waals surface area contributed by atoms with Crippen LogP contribution in [-0.2, 0) is 61.0 Å². The van der Waals surface area contributed by atoms with E-state index in [0.717, 1.165) is 39.8 Å². The molecular formula is C35H20Br3F5O9S4. The van der Waals surface area contributed by atoms with Crippen molar-refractivity contribution < 1.29 is 64.6 Å². The van der Waals surface area contributed by atoms with Crippen LogP contribution in [-0.4, -0.2) is 58.6 Å². The lowest BCUT2D eigenvalue weighted by Gasteiger charge is -2.55. The lowest BCUT2D eigenvalue weighted by molar-refractivity contribution is -0.483. The summed E-state index contributed by atoms with van der Waals surface area (Å²) in [7, 11) is 0. The molecule has 4 aliphatic heterocycles. The highest BCUT2D eigenvalue weighted by Gasteiger charge is 2.69. The number of carbonyl (C=O) groups excluding carboxylic acids is 1. The lowest BCUT2D eigenvalue weighted by Crippen LogP contribution is -2.63. The zero-order chi connectivity index (χ0) is 38.9. The molecule has 4 aromatic heterocycles. The van der Waals surface area contributed by atoms with Crippen molar-refractivity contribution in [2.75, 3.05) is 52.9 Å². The molecule has 4 fully saturated rings. The molecule has 0 N–H and O–H groups in total. The molecule has 4 saturated heterocycles. The van der Waals surface area contributed by atoms with Crippen molar-refractivity contribution >= 4 is 98.9 Å². The summed E-state index contributed by atoms with van der Waals surface area (Å²) in [6.45, 7) is 2.57. The van der Waals surface area contributed by atoms with E-state index in [1.165, 1.54) is 17.4 Å². The fourth-order valence-corrected chi connectivity index (χ4v) is 14.3. The standard InChI is InChI=1S/C21H10BrF5O5S2.C14H10Br2O4S2/c22-10-6-8-19(34-10)18-7(20-21(8,31-3-1-29-20)32-4-2-30-20)5-9(33-18)17(28)11-12(23)14(25)16(27)15(26)13(11)24;15-9-5-7-11(21-9)12-8(6-10(16)22-12)14-13(7,17-1-2-18-14)19-3-4-20-14/h5-6H,1-4H2;5-6H,1-4H2. The van der Waals surface area contributed by atoms with Gasteiger partial charge in [-0.25, -0.2) is 22.0 Å². The zero-order valence-corrected chi connectivity index (χ0v) is 35.8. The summed E-state index contributed by atoms with van der Waals surface area (Å²) < 4.78 is 121. The molecule has 56 heavy (non-hydrogen) atoms. The summed E-state index contributed by atoms with van der Waals surface area (Å²) in [4.78, 5) is 16.2. The molecule has 9 nitrogen and oxygen atoms in total. The van der Waals surface area contributed by atoms with Crippen LogP contribution in [0.15, 0.2) is 35.6 Å². The second kappa shape index (κ2) is 13.7. The minimum Gasteiger partial charge on any atom is -0.339 e. The number of thiophene rings is 4. The van der Waals surface area contributed by atoms with Gasteiger partial charge in [-0.15, -0.1) is 45.3 Å². The van der Waals surface area contributed by atoms with Crippen molar-refractivity contribution in [3.8, 4) is 19.5 Å². The van der Waals surface area contributed by atoms with Gasteiger partial charge in [0.2, 0.25) is 11.6 Å². The van der Waals surface area contributed by atoms with E-state index in [1.807, 2.05) is 0 Å². The first-order valence-corrected chi connectivity index (χ1v) is 22.2. The number of hydrogen-bond donors (Lipinski definition) is 0. The summed E-state index contributed by atoms with van der Waals surface area (Å²) in [5.41, 5.74) is 1.34. The molecule has 0 atom stereocenters. The second-order valence-electron chi connectivity index (χ2n) is 12.8. The SMILES string of the molecule is Brc1cc2c(s1)-c1sc(Br)cc1C13OCCOC21OCCO3.O=C(c1cc2c(s1)-c1sc(Br)cc1C13OCCOC21OCCO3)c1c(F)c(F)c(F)c(F)c1F. The van der Waals surface area contributed by atoms with E-state index < -0.39 is 63.6 Å². The van der Waals surface area contributed by atoms with Crippen molar-refractivity contribution in [1.29, 1.82) is 0 Å². The number of rotatable bonds is 2. The van der Waals surface area contributed by atoms with E-state index >= 15 is 0 Å². The quantitative estimate of drug-likeness (QED) is 0.0742. The Bertz CT molecular complexity index is 2370. The average Bonchev–Trinajstić information content (AvgIpc) is 4.01. The molecule has 0 spiro atoms. The maximum absolute atomic E-state index is 14.4. The van der Waals surface area contributed by atoms with Gasteiger partial charge in [0.15, 0.2) is 23.3 Å². The predicted octanol–water partition coefficient (Wildman–Crippen LogP) is 9.99. The molecule has 294 valence electrons. The summed E-state index contributed by atoms with van der Waals surface area (Å²) in [5.74, 6) is -17.7. The molecule has 0 bridgehead atoms. The van der Waals surface area contributed by atoms with Gasteiger partial charge in [0.1, 0.15) is 5.56 Å². The minimum atomic E-state index is -2.34. The van der Waals surface area contributed by atoms with Crippen molar-refractivity contribution in [3.05, 3.63) is 97.4 Å². The third-order valence-electron chi connectivity index (χ3n) is 9.97. The first-order chi connectivity index (χ1) is 26.9. The van der Waals surface area contributed by atoms with Gasteiger partial charge in [-0.1, -0.05) is 0 Å². The zero-order valence-electron chi connectivity index (χ0n) is 27.8. The van der Waals surface area contributed by atoms with Crippen molar-refractivity contribution in [2.45, 2.75) is 23.1 Å². The summed E-state index contributed by atoms with van der Waals surface area (Å²) in [6.07, 6.45) is 0. The number of ketones is 1. The normalized spacial score (nSPS) is 28.3. The van der Waals surface area contributed by atoms with Gasteiger partial charge in [0, 0.05) is 22.3 Å². The molecule has 8 heterocycles. The number of ether oxygens (including phenoxy) is 8. The van der Waals surface area contributed by atoms with E-state index in [1.54, 1.807) is 28.7 Å². The Kier molecular flexibility index (Phi) is 9.49. The molecule has 0 unspecified atom stereocenters. The summed E-state index contributed by atoms with van der Waals surface area (Å²) in [6, 6.07) is 7.17. The van der Waals surface area contributed by atoms with Gasteiger partial charge < -0.3 is 37.9 Å². The molecular weight excluding hydrogens is 1030 g/mol. The predicted molar refractivity (Wildman–Crippen MR) is 202 cm³/mol. The maximum Gasteiger partial charge on any atom is 0.257 e. The second-order valence-corrected chi connectivity index (χ2v) is 21.1. The first-order valence-electron chi connectivity index (χ1n) is 16.6. The van der Waals surface area contributed by atoms with Crippen LogP contribution in [0.25, 0.3) is 19.5 Å². The van der Waals surface area contributed by atoms with Crippen LogP contribution < -0.4 is 0 Å². The Hall–Kier alpha value is -1.54. The molecule has 6 aliphatic rings. The van der Waals surface area contributed by atoms with Crippen molar-refractivity contribution in [1.82, 2.24) is 0 Å². The Morgan fingerprint density at radius 2 is 0.714 bits per heavy atom. The van der Waals surface area contributed by atoms with Crippen LogP contribution in [0.1, 0.15) is 37.5 Å². The van der Waals surface area contributed by atoms with Crippen molar-refractivity contribution in [3.63, 3.8) is 0 Å². The molecule has 5 aromatic rings. The highest BCUT2D eigenvalue weighted by Crippen LogP contribution is 2.65. The summed E-state index contributed by atoms with van der Waals surface area (Å²) >= 11 is 16.1. The van der Waals surface area contributed by atoms with Crippen LogP contribution in [0.2, 0.25) is 0 Å². The Morgan fingerprint density at radius 1 is 0.446 bits per heavy atom. The van der Waals surface area contributed by atoms with Crippen molar-refractivity contribution in [2.24, 2.45) is 0 Å². The molecule has 2 aliphatic carbocycles. The number of halogens is 8. The maximum atomic E-state index is 14.4. The van der Waals surface area contributed by atoms with E-state index in [-0.39, 0.29) is 31.3 Å². The largest absolute Gasteiger partial charge is 0.339 e. The monoisotopic (exact) mass is 1040 g/mol. The smallest absolute Gasteiger partial charge is 0.257 e. The highest BCUT2D eigenvalue weighted by atomic mass is 79.9. The number of hydrogen-bond acceptors (Lipinski definition) is 13. The van der Waals surface area contributed by atoms with E-state index in [9.17, 15) is 26.7 Å². The van der Waals surface area contributed by atoms with Gasteiger partial charge in [-0.3, -0.25) is 4.79 Å². The highest BCUT2D eigenvalue weighted by molar-refractivity contribution is 9.11. The number of fused-ring (bicyclic) bond motifs is 6. The molecule has 0 amide bonds. The molecule has 21 heteroatoms. The van der Waals surface area contributed by atoms with Crippen LogP contribution in [0.5, 0.6) is 0 Å². The van der Waals surface area contributed by atoms with Crippen LogP contribution in [0.3, 0.4) is 0 Å². The van der Waals surface area contributed by atoms with E-state index in [4.69, 9.17) is 37.9 Å². The first kappa shape index (κ1) is 38.6. The molecule has 0 radical (unpaired) electrons. The lowest BCUT2D eigenvalue weighted by atomic mass is 9.83. The van der Waals surface area contributed by atoms with Gasteiger partial charge in [-0.2, -0.15) is 0 Å². The molecule has 1 aromatic carbocycles. The Balaban J connectivity index is 0.000000150. The van der Waals surface area contributed by atoms with Gasteiger partial charge in [-0.05, 0) is 72.1 Å². The molecule has 11 rings (SSSR count). The Labute approximate surface area is 353 Å². The fourth-order valence-electron chi connectivity index (χ4n) is 7.91. The summed E-state index contributed by atoms with van der Waals surface area (Å²) in [5, 5.41) is 0. The van der Waals surface area contributed by atoms with Crippen LogP contribution in [0.4, 0.5) is 22.0 Å². The van der Waals surface area contributed by atoms with Gasteiger partial charge in [0.05, 0.1) is 88.6 Å². The van der Waals surface area contributed by atoms with Gasteiger partial charge >= 0.3 is 0 Å². The molecule has 0 saturated carbocycles.